The molecule has 0 aliphatic heterocycles. The van der Waals surface area contributed by atoms with Gasteiger partial charge in [0.05, 0.1) is 0 Å². The largest absolute Gasteiger partial charge is 0.288 e. The average molecular weight is 236 g/mol. The monoisotopic (exact) mass is 236 g/mol. The minimum Gasteiger partial charge on any atom is -0.288 e. The summed E-state index contributed by atoms with van der Waals surface area (Å²) < 4.78 is 13.1. The first-order valence-electron chi connectivity index (χ1n) is 4.98. The second-order valence-corrected chi connectivity index (χ2v) is 4.63. The van der Waals surface area contributed by atoms with Crippen molar-refractivity contribution in [3.63, 3.8) is 0 Å². The maximum absolute atomic E-state index is 13.1. The number of aryl methyl sites for hydroxylation is 1. The predicted molar refractivity (Wildman–Crippen MR) is 65.8 cm³/mol. The lowest BCUT2D eigenvalue weighted by molar-refractivity contribution is -0.109. The summed E-state index contributed by atoms with van der Waals surface area (Å²) in [6, 6.07) is 4.94. The molecule has 0 saturated heterocycles. The van der Waals surface area contributed by atoms with Crippen molar-refractivity contribution in [1.29, 1.82) is 0 Å². The van der Waals surface area contributed by atoms with Gasteiger partial charge < -0.3 is 0 Å². The van der Waals surface area contributed by atoms with Gasteiger partial charge in [-0.15, -0.1) is 0 Å². The molecule has 0 bridgehead atoms. The van der Waals surface area contributed by atoms with Gasteiger partial charge in [-0.1, -0.05) is 29.7 Å². The smallest absolute Gasteiger partial charge is 0.185 e. The van der Waals surface area contributed by atoms with E-state index in [1.807, 2.05) is 0 Å². The van der Waals surface area contributed by atoms with E-state index in [-0.39, 0.29) is 10.9 Å². The van der Waals surface area contributed by atoms with E-state index in [1.54, 1.807) is 19.1 Å². The molecule has 0 unspecified atom stereocenters. The molecule has 0 heterocycles. The van der Waals surface area contributed by atoms with Crippen molar-refractivity contribution in [3.8, 4) is 11.8 Å². The zero-order valence-electron chi connectivity index (χ0n) is 9.34. The van der Waals surface area contributed by atoms with Crippen LogP contribution in [0.2, 0.25) is 0 Å². The number of carbonyl (C=O) groups is 1. The van der Waals surface area contributed by atoms with Crippen LogP contribution in [0.3, 0.4) is 0 Å². The highest BCUT2D eigenvalue weighted by Gasteiger charge is 1.96. The van der Waals surface area contributed by atoms with Crippen molar-refractivity contribution in [2.75, 3.05) is 5.75 Å². The van der Waals surface area contributed by atoms with Gasteiger partial charge in [0.15, 0.2) is 5.12 Å². The van der Waals surface area contributed by atoms with Gasteiger partial charge in [0.2, 0.25) is 0 Å². The van der Waals surface area contributed by atoms with E-state index in [2.05, 4.69) is 11.8 Å². The number of halogens is 1. The topological polar surface area (TPSA) is 17.1 Å². The molecule has 84 valence electrons. The maximum Gasteiger partial charge on any atom is 0.185 e. The van der Waals surface area contributed by atoms with Gasteiger partial charge in [-0.3, -0.25) is 4.79 Å². The van der Waals surface area contributed by atoms with E-state index >= 15 is 0 Å². The highest BCUT2D eigenvalue weighted by atomic mass is 32.2. The molecule has 1 nitrogen and oxygen atoms in total. The predicted octanol–water partition coefficient (Wildman–Crippen LogP) is 3.16. The maximum atomic E-state index is 13.1. The molecule has 0 aliphatic rings. The van der Waals surface area contributed by atoms with Gasteiger partial charge in [-0.25, -0.2) is 4.39 Å². The second kappa shape index (κ2) is 6.34. The van der Waals surface area contributed by atoms with Gasteiger partial charge in [0.25, 0.3) is 0 Å². The van der Waals surface area contributed by atoms with Gasteiger partial charge in [-0.05, 0) is 24.6 Å². The van der Waals surface area contributed by atoms with Crippen molar-refractivity contribution >= 4 is 16.9 Å². The molecular weight excluding hydrogens is 223 g/mol. The van der Waals surface area contributed by atoms with Gasteiger partial charge >= 0.3 is 0 Å². The summed E-state index contributed by atoms with van der Waals surface area (Å²) in [6.45, 7) is 3.25. The second-order valence-electron chi connectivity index (χ2n) is 3.36. The van der Waals surface area contributed by atoms with Crippen molar-refractivity contribution in [3.05, 3.63) is 35.1 Å². The molecule has 0 aromatic heterocycles. The fourth-order valence-corrected chi connectivity index (χ4v) is 1.57. The quantitative estimate of drug-likeness (QED) is 0.579. The molecule has 0 N–H and O–H groups in total. The highest BCUT2D eigenvalue weighted by molar-refractivity contribution is 8.13. The number of rotatable bonds is 2. The normalized spacial score (nSPS) is 9.44. The highest BCUT2D eigenvalue weighted by Crippen LogP contribution is 2.08. The Hall–Kier alpha value is -1.27. The van der Waals surface area contributed by atoms with Gasteiger partial charge in [0, 0.05) is 24.7 Å². The Kier molecular flexibility index (Phi) is 5.07. The summed E-state index contributed by atoms with van der Waals surface area (Å²) >= 11 is 1.26. The zero-order chi connectivity index (χ0) is 12.0. The fraction of sp³-hybridized carbons (Fsp3) is 0.308. The molecule has 0 atom stereocenters. The van der Waals surface area contributed by atoms with E-state index in [1.165, 1.54) is 24.8 Å². The third-order valence-electron chi connectivity index (χ3n) is 1.94. The third-order valence-corrected chi connectivity index (χ3v) is 2.75. The lowest BCUT2D eigenvalue weighted by Crippen LogP contribution is -1.85. The molecule has 1 aromatic rings. The van der Waals surface area contributed by atoms with Crippen LogP contribution < -0.4 is 0 Å². The standard InChI is InChI=1S/C13H13FOS/c1-10-6-7-12(9-13(10)14)5-3-4-8-16-11(2)15/h6-7,9H,4,8H2,1-2H3. The van der Waals surface area contributed by atoms with E-state index in [9.17, 15) is 9.18 Å². The Morgan fingerprint density at radius 1 is 1.50 bits per heavy atom. The van der Waals surface area contributed by atoms with Crippen molar-refractivity contribution in [1.82, 2.24) is 0 Å². The number of hydrogen-bond acceptors (Lipinski definition) is 2. The van der Waals surface area contributed by atoms with Crippen molar-refractivity contribution in [2.24, 2.45) is 0 Å². The molecule has 3 heteroatoms. The molecular formula is C13H13FOS. The van der Waals surface area contributed by atoms with E-state index in [4.69, 9.17) is 0 Å². The number of hydrogen-bond donors (Lipinski definition) is 0. The summed E-state index contributed by atoms with van der Waals surface area (Å²) in [5, 5.41) is 0.100. The Balaban J connectivity index is 2.50. The van der Waals surface area contributed by atoms with Crippen molar-refractivity contribution in [2.45, 2.75) is 20.3 Å². The first-order chi connectivity index (χ1) is 7.59. The van der Waals surface area contributed by atoms with E-state index < -0.39 is 0 Å². The molecule has 0 aliphatic carbocycles. The Labute approximate surface area is 99.4 Å². The van der Waals surface area contributed by atoms with Crippen LogP contribution in [0, 0.1) is 24.6 Å². The average Bonchev–Trinajstić information content (AvgIpc) is 2.22. The van der Waals surface area contributed by atoms with Crippen LogP contribution in [0.4, 0.5) is 4.39 Å². The molecule has 0 fully saturated rings. The molecule has 0 saturated carbocycles. The van der Waals surface area contributed by atoms with E-state index in [0.717, 1.165) is 0 Å². The van der Waals surface area contributed by atoms with Crippen LogP contribution >= 0.6 is 11.8 Å². The summed E-state index contributed by atoms with van der Waals surface area (Å²) in [7, 11) is 0. The molecule has 0 amide bonds. The first-order valence-corrected chi connectivity index (χ1v) is 5.96. The SMILES string of the molecule is CC(=O)SCCC#Cc1ccc(C)c(F)c1. The van der Waals surface area contributed by atoms with Crippen LogP contribution in [0.25, 0.3) is 0 Å². The van der Waals surface area contributed by atoms with Crippen LogP contribution in [-0.4, -0.2) is 10.9 Å². The van der Waals surface area contributed by atoms with Crippen LogP contribution in [-0.2, 0) is 4.79 Å². The fourth-order valence-electron chi connectivity index (χ4n) is 1.08. The van der Waals surface area contributed by atoms with Gasteiger partial charge in [0.1, 0.15) is 5.82 Å². The molecule has 0 radical (unpaired) electrons. The molecule has 0 spiro atoms. The minimum absolute atomic E-state index is 0.100. The molecule has 1 rings (SSSR count). The lowest BCUT2D eigenvalue weighted by atomic mass is 10.1. The summed E-state index contributed by atoms with van der Waals surface area (Å²) in [5.74, 6) is 6.25. The molecule has 1 aromatic carbocycles. The summed E-state index contributed by atoms with van der Waals surface area (Å²) in [5.41, 5.74) is 1.30. The number of benzene rings is 1. The molecule has 16 heavy (non-hydrogen) atoms. The zero-order valence-corrected chi connectivity index (χ0v) is 10.2. The summed E-state index contributed by atoms with van der Waals surface area (Å²) in [6.07, 6.45) is 0.639. The van der Waals surface area contributed by atoms with Crippen LogP contribution in [0.15, 0.2) is 18.2 Å². The summed E-state index contributed by atoms with van der Waals surface area (Å²) in [4.78, 5) is 10.6. The van der Waals surface area contributed by atoms with Gasteiger partial charge in [-0.2, -0.15) is 0 Å². The van der Waals surface area contributed by atoms with E-state index in [0.29, 0.717) is 23.3 Å². The minimum atomic E-state index is -0.232. The Bertz CT molecular complexity index is 443. The van der Waals surface area contributed by atoms with Crippen LogP contribution in [0.1, 0.15) is 24.5 Å². The first kappa shape index (κ1) is 12.8. The Morgan fingerprint density at radius 3 is 2.88 bits per heavy atom. The lowest BCUT2D eigenvalue weighted by Gasteiger charge is -1.95. The third kappa shape index (κ3) is 4.50. The van der Waals surface area contributed by atoms with Crippen molar-refractivity contribution < 1.29 is 9.18 Å². The Morgan fingerprint density at radius 2 is 2.25 bits per heavy atom. The number of carbonyl (C=O) groups excluding carboxylic acids is 1. The van der Waals surface area contributed by atoms with Crippen LogP contribution in [0.5, 0.6) is 0 Å². The number of thioether (sulfide) groups is 1.